The fraction of sp³-hybridized carbons (Fsp3) is 0.375. The van der Waals surface area contributed by atoms with Gasteiger partial charge in [-0.2, -0.15) is 0 Å². The maximum Gasteiger partial charge on any atom is 0.276 e. The summed E-state index contributed by atoms with van der Waals surface area (Å²) in [5, 5.41) is 11.8. The molecule has 5 nitrogen and oxygen atoms in total. The number of hydrogen-bond acceptors (Lipinski definition) is 5. The van der Waals surface area contributed by atoms with Gasteiger partial charge >= 0.3 is 0 Å². The fourth-order valence-corrected chi connectivity index (χ4v) is 4.51. The Balaban J connectivity index is 1.79. The molecule has 0 spiro atoms. The Kier molecular flexibility index (Phi) is 5.69. The Labute approximate surface area is 182 Å². The summed E-state index contributed by atoms with van der Waals surface area (Å²) in [6.45, 7) is 8.77. The maximum atomic E-state index is 13.1. The molecule has 0 fully saturated rings. The molecule has 2 heterocycles. The fourth-order valence-electron chi connectivity index (χ4n) is 3.58. The van der Waals surface area contributed by atoms with Crippen LogP contribution in [0, 0.1) is 0 Å². The summed E-state index contributed by atoms with van der Waals surface area (Å²) in [6, 6.07) is 16.3. The molecule has 1 unspecified atom stereocenters. The van der Waals surface area contributed by atoms with Gasteiger partial charge in [0.05, 0.1) is 5.36 Å². The quantitative estimate of drug-likeness (QED) is 0.768. The number of carbonyl (C=O) groups is 1. The number of unbranched alkanes of at least 4 members (excludes halogenated alkanes) is 1. The van der Waals surface area contributed by atoms with Crippen molar-refractivity contribution in [2.45, 2.75) is 52.1 Å². The molecule has 156 valence electrons. The summed E-state index contributed by atoms with van der Waals surface area (Å²) in [7, 11) is 0. The highest BCUT2D eigenvalue weighted by Crippen LogP contribution is 2.32. The van der Waals surface area contributed by atoms with Crippen LogP contribution in [0.2, 0.25) is 0 Å². The minimum atomic E-state index is -0.364. The van der Waals surface area contributed by atoms with Crippen LogP contribution in [0.15, 0.2) is 58.6 Å². The highest BCUT2D eigenvalue weighted by molar-refractivity contribution is 8.13. The number of hydrogen-bond donors (Lipinski definition) is 1. The largest absolute Gasteiger partial charge is 0.298 e. The van der Waals surface area contributed by atoms with E-state index in [1.54, 1.807) is 16.8 Å². The number of nitrogens with one attached hydrogen (secondary N) is 1. The van der Waals surface area contributed by atoms with E-state index >= 15 is 0 Å². The Morgan fingerprint density at radius 1 is 1.10 bits per heavy atom. The minimum Gasteiger partial charge on any atom is -0.298 e. The smallest absolute Gasteiger partial charge is 0.276 e. The Hall–Kier alpha value is -2.60. The predicted octanol–water partition coefficient (Wildman–Crippen LogP) is 3.66. The van der Waals surface area contributed by atoms with Gasteiger partial charge < -0.3 is 0 Å². The third kappa shape index (κ3) is 4.01. The molecule has 0 aromatic heterocycles. The predicted molar refractivity (Wildman–Crippen MR) is 123 cm³/mol. The molecule has 30 heavy (non-hydrogen) atoms. The van der Waals surface area contributed by atoms with Gasteiger partial charge in [-0.25, -0.2) is 5.01 Å². The molecular formula is C24H28N4OS. The van der Waals surface area contributed by atoms with Crippen molar-refractivity contribution in [1.82, 2.24) is 10.3 Å². The second-order valence-corrected chi connectivity index (χ2v) is 9.73. The van der Waals surface area contributed by atoms with Crippen LogP contribution in [0.1, 0.15) is 57.8 Å². The van der Waals surface area contributed by atoms with Crippen LogP contribution in [-0.2, 0) is 10.2 Å². The van der Waals surface area contributed by atoms with Crippen LogP contribution >= 0.6 is 11.8 Å². The first-order valence-corrected chi connectivity index (χ1v) is 11.5. The van der Waals surface area contributed by atoms with E-state index in [0.717, 1.165) is 34.7 Å². The van der Waals surface area contributed by atoms with Crippen molar-refractivity contribution in [2.24, 2.45) is 10.1 Å². The van der Waals surface area contributed by atoms with E-state index in [2.05, 4.69) is 57.3 Å². The van der Waals surface area contributed by atoms with Crippen molar-refractivity contribution in [2.75, 3.05) is 5.75 Å². The van der Waals surface area contributed by atoms with E-state index in [1.165, 1.54) is 5.56 Å². The number of nitrogens with zero attached hydrogens (tertiary/aromatic N) is 3. The lowest BCUT2D eigenvalue weighted by Crippen LogP contribution is -2.50. The van der Waals surface area contributed by atoms with E-state index in [9.17, 15) is 4.79 Å². The van der Waals surface area contributed by atoms with Crippen molar-refractivity contribution in [1.29, 1.82) is 0 Å². The van der Waals surface area contributed by atoms with Crippen molar-refractivity contribution >= 4 is 28.5 Å². The zero-order valence-corrected chi connectivity index (χ0v) is 18.8. The van der Waals surface area contributed by atoms with Crippen LogP contribution in [-0.4, -0.2) is 21.8 Å². The molecule has 0 saturated carbocycles. The first-order chi connectivity index (χ1) is 14.4. The van der Waals surface area contributed by atoms with Gasteiger partial charge in [0.2, 0.25) is 0 Å². The Bertz CT molecular complexity index is 1100. The Morgan fingerprint density at radius 2 is 1.83 bits per heavy atom. The average Bonchev–Trinajstić information content (AvgIpc) is 2.72. The Morgan fingerprint density at radius 3 is 2.53 bits per heavy atom. The lowest BCUT2D eigenvalue weighted by Gasteiger charge is -2.34. The maximum absolute atomic E-state index is 13.1. The van der Waals surface area contributed by atoms with Crippen molar-refractivity contribution < 1.29 is 4.79 Å². The van der Waals surface area contributed by atoms with Gasteiger partial charge in [-0.3, -0.25) is 15.1 Å². The molecule has 0 bridgehead atoms. The van der Waals surface area contributed by atoms with Gasteiger partial charge in [0.25, 0.3) is 5.91 Å². The minimum absolute atomic E-state index is 0.0817. The topological polar surface area (TPSA) is 57.1 Å². The van der Waals surface area contributed by atoms with Crippen LogP contribution in [0.25, 0.3) is 5.70 Å². The van der Waals surface area contributed by atoms with Gasteiger partial charge in [-0.15, -0.1) is 5.10 Å². The summed E-state index contributed by atoms with van der Waals surface area (Å²) in [5.41, 5.74) is 2.93. The van der Waals surface area contributed by atoms with E-state index in [0.29, 0.717) is 10.9 Å². The van der Waals surface area contributed by atoms with Crippen molar-refractivity contribution in [3.63, 3.8) is 0 Å². The van der Waals surface area contributed by atoms with Gasteiger partial charge in [-0.1, -0.05) is 88.3 Å². The lowest BCUT2D eigenvalue weighted by atomic mass is 9.86. The van der Waals surface area contributed by atoms with E-state index in [4.69, 9.17) is 10.1 Å². The molecule has 2 aliphatic heterocycles. The summed E-state index contributed by atoms with van der Waals surface area (Å²) in [5.74, 6) is 0.806. The first-order valence-electron chi connectivity index (χ1n) is 10.5. The second-order valence-electron chi connectivity index (χ2n) is 8.65. The number of amides is 1. The SMILES string of the molecule is CCCCSC1=NN2C(=c3ccccc3=NC2c2ccc(C(C)(C)C)cc2)C(=O)N1. The standard InChI is InChI=1S/C24H28N4OS/c1-5-6-15-30-23-26-22(29)20-18-9-7-8-10-19(18)25-21(28(20)27-23)16-11-13-17(14-12-16)24(2,3)4/h7-14,21H,5-6,15H2,1-4H3,(H,26,27,29). The van der Waals surface area contributed by atoms with Crippen LogP contribution in [0.5, 0.6) is 0 Å². The number of para-hydroxylation sites is 1. The molecule has 1 amide bonds. The van der Waals surface area contributed by atoms with E-state index < -0.39 is 0 Å². The molecule has 1 N–H and O–H groups in total. The van der Waals surface area contributed by atoms with E-state index in [1.807, 2.05) is 24.3 Å². The molecule has 0 aliphatic carbocycles. The van der Waals surface area contributed by atoms with Crippen LogP contribution in [0.3, 0.4) is 0 Å². The van der Waals surface area contributed by atoms with Gasteiger partial charge in [0, 0.05) is 11.0 Å². The number of benzene rings is 2. The summed E-state index contributed by atoms with van der Waals surface area (Å²) in [6.07, 6.45) is 1.83. The van der Waals surface area contributed by atoms with E-state index in [-0.39, 0.29) is 17.5 Å². The molecule has 0 saturated heterocycles. The molecule has 0 radical (unpaired) electrons. The average molecular weight is 421 g/mol. The number of carbonyl (C=O) groups excluding carboxylic acids is 1. The number of fused-ring (bicyclic) bond motifs is 2. The molecule has 2 aliphatic rings. The highest BCUT2D eigenvalue weighted by Gasteiger charge is 2.34. The molecule has 2 aromatic rings. The van der Waals surface area contributed by atoms with Crippen molar-refractivity contribution in [3.05, 3.63) is 70.2 Å². The molecular weight excluding hydrogens is 392 g/mol. The van der Waals surface area contributed by atoms with Crippen LogP contribution in [0.4, 0.5) is 0 Å². The molecule has 4 rings (SSSR count). The van der Waals surface area contributed by atoms with Gasteiger partial charge in [0.1, 0.15) is 5.70 Å². The zero-order chi connectivity index (χ0) is 21.3. The summed E-state index contributed by atoms with van der Waals surface area (Å²) >= 11 is 1.59. The molecule has 2 aromatic carbocycles. The van der Waals surface area contributed by atoms with Gasteiger partial charge in [-0.05, 0) is 29.0 Å². The number of amidine groups is 1. The third-order valence-electron chi connectivity index (χ3n) is 5.33. The monoisotopic (exact) mass is 420 g/mol. The van der Waals surface area contributed by atoms with Crippen molar-refractivity contribution in [3.8, 4) is 0 Å². The normalized spacial score (nSPS) is 18.2. The lowest BCUT2D eigenvalue weighted by molar-refractivity contribution is -0.116. The first kappa shape index (κ1) is 20.7. The molecule has 1 atom stereocenters. The third-order valence-corrected chi connectivity index (χ3v) is 6.28. The second kappa shape index (κ2) is 8.26. The van der Waals surface area contributed by atoms with Crippen LogP contribution < -0.4 is 15.9 Å². The molecule has 6 heteroatoms. The highest BCUT2D eigenvalue weighted by atomic mass is 32.2. The van der Waals surface area contributed by atoms with Gasteiger partial charge in [0.15, 0.2) is 11.3 Å². The summed E-state index contributed by atoms with van der Waals surface area (Å²) in [4.78, 5) is 18.0. The zero-order valence-electron chi connectivity index (χ0n) is 18.0. The number of rotatable bonds is 4. The number of thioether (sulfide) groups is 1. The number of hydrazone groups is 1. The summed E-state index contributed by atoms with van der Waals surface area (Å²) < 4.78 is 0.